The summed E-state index contributed by atoms with van der Waals surface area (Å²) in [7, 11) is 6.12. The van der Waals surface area contributed by atoms with Gasteiger partial charge in [-0.25, -0.2) is 0 Å². The van der Waals surface area contributed by atoms with Crippen LogP contribution in [0.5, 0.6) is 0 Å². The van der Waals surface area contributed by atoms with Crippen molar-refractivity contribution in [1.29, 1.82) is 0 Å². The number of rotatable bonds is 4. The Bertz CT molecular complexity index is 470. The average Bonchev–Trinajstić information content (AvgIpc) is 2.59. The second-order valence-electron chi connectivity index (χ2n) is 5.84. The van der Waals surface area contributed by atoms with Crippen LogP contribution in [0.25, 0.3) is 0 Å². The topological polar surface area (TPSA) is 23.6 Å². The number of hydrogen-bond donors (Lipinski definition) is 0. The first-order valence-corrected chi connectivity index (χ1v) is 6.92. The molecule has 1 aromatic rings. The van der Waals surface area contributed by atoms with Crippen molar-refractivity contribution in [3.05, 3.63) is 29.8 Å². The number of hydrogen-bond acceptors (Lipinski definition) is 3. The molecule has 2 rings (SSSR count). The minimum Gasteiger partial charge on any atom is -0.371 e. The lowest BCUT2D eigenvalue weighted by molar-refractivity contribution is -0.121. The predicted molar refractivity (Wildman–Crippen MR) is 79.8 cm³/mol. The van der Waals surface area contributed by atoms with Crippen molar-refractivity contribution in [3.8, 4) is 0 Å². The van der Waals surface area contributed by atoms with Crippen molar-refractivity contribution in [2.24, 2.45) is 0 Å². The highest BCUT2D eigenvalue weighted by Crippen LogP contribution is 2.42. The van der Waals surface area contributed by atoms with Gasteiger partial charge in [0.05, 0.1) is 6.04 Å². The van der Waals surface area contributed by atoms with Crippen molar-refractivity contribution in [3.63, 3.8) is 0 Å². The summed E-state index contributed by atoms with van der Waals surface area (Å²) >= 11 is 0. The van der Waals surface area contributed by atoms with Gasteiger partial charge in [-0.3, -0.25) is 9.69 Å². The fourth-order valence-corrected chi connectivity index (χ4v) is 3.18. The Morgan fingerprint density at radius 2 is 2.00 bits per heavy atom. The molecule has 1 aliphatic rings. The normalized spacial score (nSPS) is 23.6. The van der Waals surface area contributed by atoms with Crippen molar-refractivity contribution in [2.45, 2.75) is 38.3 Å². The number of likely N-dealkylation sites (N-methyl/N-ethyl adjacent to an activating group) is 2. The minimum atomic E-state index is 0.00649. The highest BCUT2D eigenvalue weighted by Gasteiger charge is 2.35. The first kappa shape index (κ1) is 14.1. The summed E-state index contributed by atoms with van der Waals surface area (Å²) in [6.07, 6.45) is 0.894. The van der Waals surface area contributed by atoms with Gasteiger partial charge in [-0.2, -0.15) is 0 Å². The summed E-state index contributed by atoms with van der Waals surface area (Å²) in [5, 5.41) is 0. The Hall–Kier alpha value is -1.35. The van der Waals surface area contributed by atoms with Crippen LogP contribution in [0.2, 0.25) is 0 Å². The fourth-order valence-electron chi connectivity index (χ4n) is 3.18. The summed E-state index contributed by atoms with van der Waals surface area (Å²) in [5.41, 5.74) is 2.69. The molecule has 1 heterocycles. The minimum absolute atomic E-state index is 0.00649. The molecule has 3 nitrogen and oxygen atoms in total. The molecule has 1 aromatic carbocycles. The third-order valence-electron chi connectivity index (χ3n) is 4.48. The summed E-state index contributed by atoms with van der Waals surface area (Å²) in [5.74, 6) is 0.682. The molecule has 0 fully saturated rings. The van der Waals surface area contributed by atoms with Crippen molar-refractivity contribution in [2.75, 3.05) is 26.0 Å². The first-order valence-electron chi connectivity index (χ1n) is 6.92. The van der Waals surface area contributed by atoms with E-state index in [2.05, 4.69) is 43.1 Å². The largest absolute Gasteiger partial charge is 0.371 e. The van der Waals surface area contributed by atoms with E-state index in [9.17, 15) is 4.79 Å². The lowest BCUT2D eigenvalue weighted by Crippen LogP contribution is -2.38. The molecule has 3 heteroatoms. The Kier molecular flexibility index (Phi) is 3.95. The molecule has 0 saturated carbocycles. The van der Waals surface area contributed by atoms with Crippen LogP contribution in [-0.2, 0) is 4.79 Å². The van der Waals surface area contributed by atoms with E-state index in [-0.39, 0.29) is 11.8 Å². The number of para-hydroxylation sites is 1. The highest BCUT2D eigenvalue weighted by atomic mass is 16.1. The fraction of sp³-hybridized carbons (Fsp3) is 0.562. The third-order valence-corrected chi connectivity index (χ3v) is 4.48. The van der Waals surface area contributed by atoms with Gasteiger partial charge in [0.15, 0.2) is 0 Å². The molecule has 104 valence electrons. The van der Waals surface area contributed by atoms with Crippen LogP contribution in [0.15, 0.2) is 24.3 Å². The van der Waals surface area contributed by atoms with Gasteiger partial charge in [0.25, 0.3) is 0 Å². The highest BCUT2D eigenvalue weighted by molar-refractivity contribution is 5.81. The Morgan fingerprint density at radius 3 is 2.58 bits per heavy atom. The van der Waals surface area contributed by atoms with Crippen molar-refractivity contribution in [1.82, 2.24) is 4.90 Å². The van der Waals surface area contributed by atoms with E-state index >= 15 is 0 Å². The standard InChI is InChI=1S/C16H24N2O/c1-11-14(10-16(12(2)19)17(3)4)13-8-6-7-9-15(13)18(11)5/h6-9,11,14,16H,10H2,1-5H3. The molecular formula is C16H24N2O. The number of carbonyl (C=O) groups excluding carboxylic acids is 1. The Labute approximate surface area is 116 Å². The number of ketones is 1. The van der Waals surface area contributed by atoms with Crippen LogP contribution in [-0.4, -0.2) is 43.9 Å². The van der Waals surface area contributed by atoms with Gasteiger partial charge in [-0.1, -0.05) is 18.2 Å². The molecule has 0 aromatic heterocycles. The molecule has 19 heavy (non-hydrogen) atoms. The summed E-state index contributed by atoms with van der Waals surface area (Å²) in [6.45, 7) is 3.94. The van der Waals surface area contributed by atoms with Gasteiger partial charge in [0.2, 0.25) is 0 Å². The zero-order valence-electron chi connectivity index (χ0n) is 12.6. The number of Topliss-reactive ketones (excluding diaryl/α,β-unsaturated/α-hetero) is 1. The van der Waals surface area contributed by atoms with Crippen LogP contribution in [0, 0.1) is 0 Å². The molecule has 0 amide bonds. The van der Waals surface area contributed by atoms with Gasteiger partial charge in [0.1, 0.15) is 5.78 Å². The van der Waals surface area contributed by atoms with Gasteiger partial charge < -0.3 is 4.90 Å². The number of fused-ring (bicyclic) bond motifs is 1. The molecule has 0 N–H and O–H groups in total. The maximum absolute atomic E-state index is 11.8. The van der Waals surface area contributed by atoms with Crippen LogP contribution in [0.4, 0.5) is 5.69 Å². The van der Waals surface area contributed by atoms with Crippen LogP contribution >= 0.6 is 0 Å². The van der Waals surface area contributed by atoms with Crippen LogP contribution in [0.1, 0.15) is 31.7 Å². The molecule has 0 saturated heterocycles. The summed E-state index contributed by atoms with van der Waals surface area (Å²) in [6, 6.07) is 9.00. The molecule has 0 spiro atoms. The zero-order chi connectivity index (χ0) is 14.2. The second-order valence-corrected chi connectivity index (χ2v) is 5.84. The third kappa shape index (κ3) is 2.52. The Balaban J connectivity index is 2.28. The number of nitrogens with zero attached hydrogens (tertiary/aromatic N) is 2. The average molecular weight is 260 g/mol. The van der Waals surface area contributed by atoms with E-state index in [1.54, 1.807) is 6.92 Å². The number of benzene rings is 1. The smallest absolute Gasteiger partial charge is 0.146 e. The maximum atomic E-state index is 11.8. The van der Waals surface area contributed by atoms with E-state index in [1.165, 1.54) is 11.3 Å². The zero-order valence-corrected chi connectivity index (χ0v) is 12.6. The molecule has 1 aliphatic heterocycles. The molecule has 0 aliphatic carbocycles. The molecule has 3 atom stereocenters. The molecule has 0 radical (unpaired) electrons. The summed E-state index contributed by atoms with van der Waals surface area (Å²) in [4.78, 5) is 16.2. The van der Waals surface area contributed by atoms with E-state index in [4.69, 9.17) is 0 Å². The van der Waals surface area contributed by atoms with E-state index < -0.39 is 0 Å². The van der Waals surface area contributed by atoms with Crippen molar-refractivity contribution < 1.29 is 4.79 Å². The molecule has 0 bridgehead atoms. The van der Waals surface area contributed by atoms with Crippen LogP contribution in [0.3, 0.4) is 0 Å². The summed E-state index contributed by atoms with van der Waals surface area (Å²) < 4.78 is 0. The van der Waals surface area contributed by atoms with Gasteiger partial charge in [-0.05, 0) is 46.0 Å². The van der Waals surface area contributed by atoms with Crippen molar-refractivity contribution >= 4 is 11.5 Å². The van der Waals surface area contributed by atoms with E-state index in [0.29, 0.717) is 12.0 Å². The molecular weight excluding hydrogens is 236 g/mol. The van der Waals surface area contributed by atoms with Gasteiger partial charge >= 0.3 is 0 Å². The van der Waals surface area contributed by atoms with Gasteiger partial charge in [-0.15, -0.1) is 0 Å². The quantitative estimate of drug-likeness (QED) is 0.831. The Morgan fingerprint density at radius 1 is 1.37 bits per heavy atom. The van der Waals surface area contributed by atoms with E-state index in [1.807, 2.05) is 19.0 Å². The predicted octanol–water partition coefficient (Wildman–Crippen LogP) is 2.52. The first-order chi connectivity index (χ1) is 8.93. The van der Waals surface area contributed by atoms with E-state index in [0.717, 1.165) is 6.42 Å². The van der Waals surface area contributed by atoms with Crippen LogP contribution < -0.4 is 4.90 Å². The maximum Gasteiger partial charge on any atom is 0.146 e. The second kappa shape index (κ2) is 5.33. The molecule has 3 unspecified atom stereocenters. The lowest BCUT2D eigenvalue weighted by Gasteiger charge is -2.28. The van der Waals surface area contributed by atoms with Gasteiger partial charge in [0, 0.05) is 24.7 Å². The SMILES string of the molecule is CC(=O)C(CC1c2ccccc2N(C)C1C)N(C)C. The number of carbonyl (C=O) groups is 1. The number of anilines is 1. The lowest BCUT2D eigenvalue weighted by atomic mass is 9.88. The monoisotopic (exact) mass is 260 g/mol.